The van der Waals surface area contributed by atoms with Crippen LogP contribution >= 0.6 is 0 Å². The Bertz CT molecular complexity index is 752. The number of hydrogen-bond donors (Lipinski definition) is 1. The Kier molecular flexibility index (Phi) is 4.81. The zero-order chi connectivity index (χ0) is 18.0. The maximum absolute atomic E-state index is 12.9. The molecule has 0 aliphatic carbocycles. The minimum absolute atomic E-state index is 0.00213. The van der Waals surface area contributed by atoms with E-state index in [0.717, 1.165) is 30.0 Å². The molecule has 134 valence electrons. The molecular formula is C19H25N3O3. The van der Waals surface area contributed by atoms with Crippen molar-refractivity contribution in [3.63, 3.8) is 0 Å². The third kappa shape index (κ3) is 3.54. The summed E-state index contributed by atoms with van der Waals surface area (Å²) in [5, 5.41) is 3.93. The van der Waals surface area contributed by atoms with E-state index in [1.165, 1.54) is 0 Å². The molecule has 1 aromatic heterocycles. The Hall–Kier alpha value is -2.34. The summed E-state index contributed by atoms with van der Waals surface area (Å²) in [6.45, 7) is 8.18. The second-order valence-electron chi connectivity index (χ2n) is 7.08. The fourth-order valence-corrected chi connectivity index (χ4v) is 3.16. The van der Waals surface area contributed by atoms with E-state index in [9.17, 15) is 4.79 Å². The summed E-state index contributed by atoms with van der Waals surface area (Å²) in [7, 11) is 0. The third-order valence-corrected chi connectivity index (χ3v) is 5.01. The Morgan fingerprint density at radius 1 is 1.40 bits per heavy atom. The number of ether oxygens (including phenoxy) is 1. The van der Waals surface area contributed by atoms with E-state index >= 15 is 0 Å². The molecule has 0 spiro atoms. The summed E-state index contributed by atoms with van der Waals surface area (Å²) in [4.78, 5) is 14.8. The number of aryl methyl sites for hydroxylation is 2. The van der Waals surface area contributed by atoms with Crippen LogP contribution < -0.4 is 10.5 Å². The maximum Gasteiger partial charge on any atom is 0.257 e. The first-order chi connectivity index (χ1) is 11.9. The van der Waals surface area contributed by atoms with Crippen LogP contribution in [0.5, 0.6) is 5.75 Å². The van der Waals surface area contributed by atoms with Crippen LogP contribution in [0.4, 0.5) is 0 Å². The molecule has 1 saturated heterocycles. The lowest BCUT2D eigenvalue weighted by Crippen LogP contribution is -2.34. The highest BCUT2D eigenvalue weighted by molar-refractivity contribution is 5.97. The first kappa shape index (κ1) is 17.5. The molecule has 0 bridgehead atoms. The number of para-hydroxylation sites is 1. The number of carbonyl (C=O) groups is 1. The highest BCUT2D eigenvalue weighted by Gasteiger charge is 2.35. The lowest BCUT2D eigenvalue weighted by Gasteiger charge is -2.23. The van der Waals surface area contributed by atoms with Gasteiger partial charge in [0.05, 0.1) is 16.8 Å². The van der Waals surface area contributed by atoms with Gasteiger partial charge in [0.25, 0.3) is 5.91 Å². The Morgan fingerprint density at radius 3 is 2.80 bits per heavy atom. The molecule has 1 atom stereocenters. The van der Waals surface area contributed by atoms with Crippen molar-refractivity contribution in [1.82, 2.24) is 10.1 Å². The van der Waals surface area contributed by atoms with Crippen LogP contribution in [0.2, 0.25) is 0 Å². The molecule has 1 aliphatic rings. The molecule has 1 fully saturated rings. The van der Waals surface area contributed by atoms with Gasteiger partial charge in [-0.3, -0.25) is 4.79 Å². The lowest BCUT2D eigenvalue weighted by atomic mass is 9.90. The summed E-state index contributed by atoms with van der Waals surface area (Å²) < 4.78 is 11.1. The Morgan fingerprint density at radius 2 is 2.16 bits per heavy atom. The molecule has 0 saturated carbocycles. The molecule has 6 heteroatoms. The second kappa shape index (κ2) is 6.88. The van der Waals surface area contributed by atoms with Crippen LogP contribution in [0.25, 0.3) is 0 Å². The van der Waals surface area contributed by atoms with Crippen LogP contribution in [0.1, 0.15) is 40.7 Å². The summed E-state index contributed by atoms with van der Waals surface area (Å²) in [6, 6.07) is 7.36. The van der Waals surface area contributed by atoms with Crippen LogP contribution in [-0.2, 0) is 6.61 Å². The van der Waals surface area contributed by atoms with Gasteiger partial charge in [0.1, 0.15) is 18.1 Å². The molecule has 0 radical (unpaired) electrons. The number of rotatable bonds is 5. The van der Waals surface area contributed by atoms with E-state index in [0.29, 0.717) is 31.0 Å². The van der Waals surface area contributed by atoms with E-state index in [1.54, 1.807) is 0 Å². The summed E-state index contributed by atoms with van der Waals surface area (Å²) in [5.41, 5.74) is 8.15. The second-order valence-corrected chi connectivity index (χ2v) is 7.08. The molecule has 3 rings (SSSR count). The van der Waals surface area contributed by atoms with Crippen LogP contribution in [0.3, 0.4) is 0 Å². The van der Waals surface area contributed by atoms with Crippen molar-refractivity contribution in [2.45, 2.75) is 33.8 Å². The van der Waals surface area contributed by atoms with Crippen molar-refractivity contribution >= 4 is 5.91 Å². The topological polar surface area (TPSA) is 81.6 Å². The minimum Gasteiger partial charge on any atom is -0.488 e. The number of amides is 1. The van der Waals surface area contributed by atoms with Crippen molar-refractivity contribution in [3.05, 3.63) is 46.8 Å². The maximum atomic E-state index is 12.9. The van der Waals surface area contributed by atoms with Gasteiger partial charge < -0.3 is 19.9 Å². The first-order valence-electron chi connectivity index (χ1n) is 8.56. The number of nitrogens with two attached hydrogens (primary N) is 1. The van der Waals surface area contributed by atoms with Crippen LogP contribution in [0.15, 0.2) is 28.8 Å². The number of nitrogens with zero attached hydrogens (tertiary/aromatic N) is 2. The number of likely N-dealkylation sites (tertiary alicyclic amines) is 1. The zero-order valence-electron chi connectivity index (χ0n) is 15.0. The first-order valence-corrected chi connectivity index (χ1v) is 8.56. The van der Waals surface area contributed by atoms with Crippen LogP contribution in [-0.4, -0.2) is 35.6 Å². The van der Waals surface area contributed by atoms with E-state index < -0.39 is 0 Å². The number of benzene rings is 1. The lowest BCUT2D eigenvalue weighted by molar-refractivity contribution is 0.0772. The monoisotopic (exact) mass is 343 g/mol. The van der Waals surface area contributed by atoms with Gasteiger partial charge in [-0.05, 0) is 44.4 Å². The van der Waals surface area contributed by atoms with E-state index in [1.807, 2.05) is 43.0 Å². The third-order valence-electron chi connectivity index (χ3n) is 5.01. The number of hydrogen-bond acceptors (Lipinski definition) is 5. The van der Waals surface area contributed by atoms with Gasteiger partial charge in [0.15, 0.2) is 0 Å². The molecule has 1 aliphatic heterocycles. The van der Waals surface area contributed by atoms with Crippen molar-refractivity contribution < 1.29 is 14.1 Å². The number of aromatic nitrogens is 1. The van der Waals surface area contributed by atoms with Gasteiger partial charge in [-0.2, -0.15) is 0 Å². The fraction of sp³-hybridized carbons (Fsp3) is 0.474. The van der Waals surface area contributed by atoms with Gasteiger partial charge in [-0.15, -0.1) is 0 Å². The molecule has 2 N–H and O–H groups in total. The average Bonchev–Trinajstić information content (AvgIpc) is 3.16. The molecular weight excluding hydrogens is 318 g/mol. The SMILES string of the molecule is Cc1noc(C)c1COc1ccccc1C(=O)N1CCC(C)(CN)C1. The van der Waals surface area contributed by atoms with Crippen molar-refractivity contribution in [2.24, 2.45) is 11.1 Å². The largest absolute Gasteiger partial charge is 0.488 e. The molecule has 1 unspecified atom stereocenters. The van der Waals surface area contributed by atoms with E-state index in [2.05, 4.69) is 12.1 Å². The standard InChI is InChI=1S/C19H25N3O3/c1-13-16(14(2)25-21-13)10-24-17-7-5-4-6-15(17)18(23)22-9-8-19(3,11-20)12-22/h4-7H,8-12,20H2,1-3H3. The highest BCUT2D eigenvalue weighted by atomic mass is 16.5. The zero-order valence-corrected chi connectivity index (χ0v) is 15.0. The van der Waals surface area contributed by atoms with E-state index in [-0.39, 0.29) is 11.3 Å². The number of carbonyl (C=O) groups excluding carboxylic acids is 1. The van der Waals surface area contributed by atoms with Gasteiger partial charge in [-0.25, -0.2) is 0 Å². The quantitative estimate of drug-likeness (QED) is 0.902. The van der Waals surface area contributed by atoms with Crippen molar-refractivity contribution in [2.75, 3.05) is 19.6 Å². The predicted molar refractivity (Wildman–Crippen MR) is 94.4 cm³/mol. The predicted octanol–water partition coefficient (Wildman–Crippen LogP) is 2.68. The highest BCUT2D eigenvalue weighted by Crippen LogP contribution is 2.31. The molecule has 1 amide bonds. The van der Waals surface area contributed by atoms with Crippen molar-refractivity contribution in [1.29, 1.82) is 0 Å². The van der Waals surface area contributed by atoms with Gasteiger partial charge in [0.2, 0.25) is 0 Å². The van der Waals surface area contributed by atoms with Gasteiger partial charge in [-0.1, -0.05) is 24.2 Å². The Balaban J connectivity index is 1.76. The van der Waals surface area contributed by atoms with Gasteiger partial charge in [0, 0.05) is 13.1 Å². The smallest absolute Gasteiger partial charge is 0.257 e. The normalized spacial score (nSPS) is 20.1. The minimum atomic E-state index is -0.00784. The Labute approximate surface area is 147 Å². The van der Waals surface area contributed by atoms with Crippen molar-refractivity contribution in [3.8, 4) is 5.75 Å². The molecule has 25 heavy (non-hydrogen) atoms. The summed E-state index contributed by atoms with van der Waals surface area (Å²) in [6.07, 6.45) is 0.928. The average molecular weight is 343 g/mol. The summed E-state index contributed by atoms with van der Waals surface area (Å²) >= 11 is 0. The molecule has 2 aromatic rings. The van der Waals surface area contributed by atoms with Crippen LogP contribution in [0, 0.1) is 19.3 Å². The summed E-state index contributed by atoms with van der Waals surface area (Å²) in [5.74, 6) is 1.31. The fourth-order valence-electron chi connectivity index (χ4n) is 3.16. The molecule has 2 heterocycles. The van der Waals surface area contributed by atoms with E-state index in [4.69, 9.17) is 15.0 Å². The molecule has 6 nitrogen and oxygen atoms in total. The van der Waals surface area contributed by atoms with Gasteiger partial charge >= 0.3 is 0 Å². The molecule has 1 aromatic carbocycles.